The molecule has 98 valence electrons. The van der Waals surface area contributed by atoms with Crippen LogP contribution in [0, 0.1) is 0 Å². The molecular weight excluding hydrogens is 328 g/mol. The van der Waals surface area contributed by atoms with Gasteiger partial charge in [-0.15, -0.1) is 0 Å². The highest BCUT2D eigenvalue weighted by Crippen LogP contribution is 2.29. The Hall–Kier alpha value is -0.260. The molecule has 1 heterocycles. The minimum Gasteiger partial charge on any atom is -0.359 e. The summed E-state index contributed by atoms with van der Waals surface area (Å²) in [5, 5.41) is 4.51. The average molecular weight is 345 g/mol. The average Bonchev–Trinajstić information content (AvgIpc) is 2.70. The van der Waals surface area contributed by atoms with E-state index in [1.807, 2.05) is 17.8 Å². The van der Waals surface area contributed by atoms with Crippen LogP contribution in [0.4, 0.5) is 5.13 Å². The number of thioether (sulfide) groups is 1. The standard InChI is InChI=1S/C13H17BrN2S2/c1-3-17-7-6-9(2)15-13-16-11-5-4-10(14)8-12(11)18-13/h4-5,8-9H,3,6-7H2,1-2H3,(H,15,16). The number of nitrogens with zero attached hydrogens (tertiary/aromatic N) is 1. The SMILES string of the molecule is CCSCCC(C)Nc1nc2ccc(Br)cc2s1. The summed E-state index contributed by atoms with van der Waals surface area (Å²) in [6.45, 7) is 4.42. The number of thiazole rings is 1. The first-order chi connectivity index (χ1) is 8.69. The van der Waals surface area contributed by atoms with Crippen molar-refractivity contribution in [3.63, 3.8) is 0 Å². The van der Waals surface area contributed by atoms with Crippen molar-refractivity contribution in [3.8, 4) is 0 Å². The van der Waals surface area contributed by atoms with Gasteiger partial charge < -0.3 is 5.32 Å². The number of anilines is 1. The first-order valence-corrected chi connectivity index (χ1v) is 8.86. The molecule has 0 spiro atoms. The van der Waals surface area contributed by atoms with Crippen molar-refractivity contribution in [2.45, 2.75) is 26.3 Å². The molecule has 0 radical (unpaired) electrons. The Morgan fingerprint density at radius 3 is 3.11 bits per heavy atom. The van der Waals surface area contributed by atoms with E-state index >= 15 is 0 Å². The Kier molecular flexibility index (Phi) is 5.33. The van der Waals surface area contributed by atoms with Gasteiger partial charge >= 0.3 is 0 Å². The lowest BCUT2D eigenvalue weighted by Crippen LogP contribution is -2.15. The molecule has 0 saturated carbocycles. The van der Waals surface area contributed by atoms with Gasteiger partial charge in [0, 0.05) is 10.5 Å². The maximum atomic E-state index is 4.60. The fourth-order valence-corrected chi connectivity index (χ4v) is 3.99. The molecule has 1 atom stereocenters. The second-order valence-electron chi connectivity index (χ2n) is 4.16. The molecule has 2 nitrogen and oxygen atoms in total. The third-order valence-electron chi connectivity index (χ3n) is 2.62. The van der Waals surface area contributed by atoms with Gasteiger partial charge in [0.1, 0.15) is 0 Å². The molecule has 0 saturated heterocycles. The number of benzene rings is 1. The lowest BCUT2D eigenvalue weighted by Gasteiger charge is -2.11. The van der Waals surface area contributed by atoms with Crippen molar-refractivity contribution < 1.29 is 0 Å². The van der Waals surface area contributed by atoms with Crippen molar-refractivity contribution >= 4 is 54.4 Å². The zero-order valence-corrected chi connectivity index (χ0v) is 13.8. The quantitative estimate of drug-likeness (QED) is 0.746. The molecule has 0 aliphatic carbocycles. The van der Waals surface area contributed by atoms with Crippen LogP contribution in [0.1, 0.15) is 20.3 Å². The summed E-state index contributed by atoms with van der Waals surface area (Å²) in [7, 11) is 0. The Morgan fingerprint density at radius 1 is 1.50 bits per heavy atom. The van der Waals surface area contributed by atoms with Crippen molar-refractivity contribution in [1.29, 1.82) is 0 Å². The highest BCUT2D eigenvalue weighted by atomic mass is 79.9. The molecule has 2 rings (SSSR count). The van der Waals surface area contributed by atoms with E-state index in [9.17, 15) is 0 Å². The van der Waals surface area contributed by atoms with Crippen LogP contribution >= 0.6 is 39.0 Å². The topological polar surface area (TPSA) is 24.9 Å². The summed E-state index contributed by atoms with van der Waals surface area (Å²) in [6.07, 6.45) is 1.18. The highest BCUT2D eigenvalue weighted by Gasteiger charge is 2.07. The fraction of sp³-hybridized carbons (Fsp3) is 0.462. The summed E-state index contributed by atoms with van der Waals surface area (Å²) < 4.78 is 2.33. The summed E-state index contributed by atoms with van der Waals surface area (Å²) in [5.41, 5.74) is 1.07. The Bertz CT molecular complexity index is 513. The fourth-order valence-electron chi connectivity index (χ4n) is 1.65. The van der Waals surface area contributed by atoms with Crippen molar-refractivity contribution in [3.05, 3.63) is 22.7 Å². The highest BCUT2D eigenvalue weighted by molar-refractivity contribution is 9.10. The predicted octanol–water partition coefficient (Wildman–Crippen LogP) is 5.00. The van der Waals surface area contributed by atoms with Crippen molar-refractivity contribution in [2.24, 2.45) is 0 Å². The molecular formula is C13H17BrN2S2. The van der Waals surface area contributed by atoms with E-state index in [4.69, 9.17) is 0 Å². The maximum absolute atomic E-state index is 4.60. The number of halogens is 1. The molecule has 1 N–H and O–H groups in total. The van der Waals surface area contributed by atoms with Crippen LogP contribution in [-0.2, 0) is 0 Å². The molecule has 1 aromatic heterocycles. The molecule has 18 heavy (non-hydrogen) atoms. The van der Waals surface area contributed by atoms with E-state index in [0.717, 1.165) is 15.1 Å². The number of fused-ring (bicyclic) bond motifs is 1. The molecule has 0 aliphatic rings. The van der Waals surface area contributed by atoms with Crippen LogP contribution < -0.4 is 5.32 Å². The van der Waals surface area contributed by atoms with Crippen LogP contribution in [0.2, 0.25) is 0 Å². The molecule has 0 aliphatic heterocycles. The van der Waals surface area contributed by atoms with Crippen LogP contribution in [0.25, 0.3) is 10.2 Å². The van der Waals surface area contributed by atoms with Gasteiger partial charge in [-0.25, -0.2) is 4.98 Å². The minimum absolute atomic E-state index is 0.480. The van der Waals surface area contributed by atoms with Gasteiger partial charge in [-0.2, -0.15) is 11.8 Å². The summed E-state index contributed by atoms with van der Waals surface area (Å²) in [5.74, 6) is 2.41. The van der Waals surface area contributed by atoms with Crippen molar-refractivity contribution in [1.82, 2.24) is 4.98 Å². The predicted molar refractivity (Wildman–Crippen MR) is 88.0 cm³/mol. The van der Waals surface area contributed by atoms with Crippen LogP contribution in [-0.4, -0.2) is 22.5 Å². The molecule has 0 bridgehead atoms. The van der Waals surface area contributed by atoms with Crippen molar-refractivity contribution in [2.75, 3.05) is 16.8 Å². The molecule has 1 aromatic carbocycles. The number of nitrogens with one attached hydrogen (secondary N) is 1. The largest absolute Gasteiger partial charge is 0.359 e. The van der Waals surface area contributed by atoms with Gasteiger partial charge in [-0.3, -0.25) is 0 Å². The molecule has 2 aromatic rings. The molecule has 1 unspecified atom stereocenters. The number of rotatable bonds is 6. The third-order valence-corrected chi connectivity index (χ3v) is 4.99. The van der Waals surface area contributed by atoms with Gasteiger partial charge in [0.15, 0.2) is 5.13 Å². The van der Waals surface area contributed by atoms with Gasteiger partial charge in [-0.05, 0) is 43.0 Å². The summed E-state index contributed by atoms with van der Waals surface area (Å²) >= 11 is 7.20. The van der Waals surface area contributed by atoms with E-state index in [2.05, 4.69) is 52.2 Å². The third kappa shape index (κ3) is 3.87. The zero-order chi connectivity index (χ0) is 13.0. The lowest BCUT2D eigenvalue weighted by atomic mass is 10.3. The monoisotopic (exact) mass is 344 g/mol. The molecule has 5 heteroatoms. The smallest absolute Gasteiger partial charge is 0.183 e. The Morgan fingerprint density at radius 2 is 2.33 bits per heavy atom. The number of hydrogen-bond acceptors (Lipinski definition) is 4. The van der Waals surface area contributed by atoms with Gasteiger partial charge in [0.2, 0.25) is 0 Å². The van der Waals surface area contributed by atoms with Gasteiger partial charge in [0.25, 0.3) is 0 Å². The maximum Gasteiger partial charge on any atom is 0.183 e. The number of aromatic nitrogens is 1. The van der Waals surface area contributed by atoms with Crippen LogP contribution in [0.5, 0.6) is 0 Å². The van der Waals surface area contributed by atoms with Crippen LogP contribution in [0.3, 0.4) is 0 Å². The minimum atomic E-state index is 0.480. The normalized spacial score (nSPS) is 12.8. The van der Waals surface area contributed by atoms with Crippen LogP contribution in [0.15, 0.2) is 22.7 Å². The molecule has 0 amide bonds. The van der Waals surface area contributed by atoms with E-state index in [-0.39, 0.29) is 0 Å². The van der Waals surface area contributed by atoms with Gasteiger partial charge in [0.05, 0.1) is 10.2 Å². The van der Waals surface area contributed by atoms with E-state index in [0.29, 0.717) is 6.04 Å². The molecule has 0 fully saturated rings. The second-order valence-corrected chi connectivity index (χ2v) is 7.50. The second kappa shape index (κ2) is 6.78. The van der Waals surface area contributed by atoms with Gasteiger partial charge in [-0.1, -0.05) is 34.2 Å². The first kappa shape index (κ1) is 14.2. The first-order valence-electron chi connectivity index (χ1n) is 6.09. The summed E-state index contributed by atoms with van der Waals surface area (Å²) in [4.78, 5) is 4.60. The Labute approximate surface area is 125 Å². The van der Waals surface area contributed by atoms with E-state index in [1.54, 1.807) is 11.3 Å². The van der Waals surface area contributed by atoms with E-state index in [1.165, 1.54) is 22.6 Å². The number of hydrogen-bond donors (Lipinski definition) is 1. The zero-order valence-electron chi connectivity index (χ0n) is 10.6. The Balaban J connectivity index is 1.98. The van der Waals surface area contributed by atoms with E-state index < -0.39 is 0 Å². The summed E-state index contributed by atoms with van der Waals surface area (Å²) in [6, 6.07) is 6.69. The lowest BCUT2D eigenvalue weighted by molar-refractivity contribution is 0.771.